The molecule has 0 amide bonds. The van der Waals surface area contributed by atoms with E-state index in [0.29, 0.717) is 19.8 Å². The predicted molar refractivity (Wildman–Crippen MR) is 49.0 cm³/mol. The molecule has 0 fully saturated rings. The molecule has 0 aromatic rings. The molecule has 70 valence electrons. The summed E-state index contributed by atoms with van der Waals surface area (Å²) in [7, 11) is 3.50. The zero-order valence-electron chi connectivity index (χ0n) is 7.80. The third-order valence-corrected chi connectivity index (χ3v) is 1.53. The maximum atomic E-state index is 5.25. The standard InChI is InChI=1S/C9H17NO2/c1-4-9(10-2)5-6-12-8-7-11-3/h1,9-10H,5-8H2,2-3H3. The van der Waals surface area contributed by atoms with Crippen molar-refractivity contribution in [2.75, 3.05) is 34.0 Å². The van der Waals surface area contributed by atoms with Crippen molar-refractivity contribution in [3.63, 3.8) is 0 Å². The Labute approximate surface area is 74.4 Å². The van der Waals surface area contributed by atoms with Crippen LogP contribution < -0.4 is 5.32 Å². The van der Waals surface area contributed by atoms with Crippen molar-refractivity contribution in [2.45, 2.75) is 12.5 Å². The monoisotopic (exact) mass is 171 g/mol. The van der Waals surface area contributed by atoms with Crippen molar-refractivity contribution in [1.82, 2.24) is 5.32 Å². The molecule has 0 aliphatic rings. The molecule has 0 aromatic heterocycles. The van der Waals surface area contributed by atoms with E-state index in [1.807, 2.05) is 7.05 Å². The SMILES string of the molecule is C#CC(CCOCCOC)NC. The van der Waals surface area contributed by atoms with E-state index in [1.165, 1.54) is 0 Å². The lowest BCUT2D eigenvalue weighted by Crippen LogP contribution is -2.24. The highest BCUT2D eigenvalue weighted by atomic mass is 16.5. The second-order valence-corrected chi connectivity index (χ2v) is 2.40. The quantitative estimate of drug-likeness (QED) is 0.440. The average Bonchev–Trinajstić information content (AvgIpc) is 2.11. The molecule has 1 atom stereocenters. The van der Waals surface area contributed by atoms with E-state index in [4.69, 9.17) is 15.9 Å². The summed E-state index contributed by atoms with van der Waals surface area (Å²) in [4.78, 5) is 0. The number of methoxy groups -OCH3 is 1. The summed E-state index contributed by atoms with van der Waals surface area (Å²) < 4.78 is 10.1. The number of hydrogen-bond acceptors (Lipinski definition) is 3. The average molecular weight is 171 g/mol. The molecule has 1 unspecified atom stereocenters. The Balaban J connectivity index is 3.13. The van der Waals surface area contributed by atoms with Crippen molar-refractivity contribution in [3.8, 4) is 12.3 Å². The predicted octanol–water partition coefficient (Wildman–Crippen LogP) is 0.261. The van der Waals surface area contributed by atoms with Gasteiger partial charge in [-0.05, 0) is 13.5 Å². The molecule has 0 rings (SSSR count). The van der Waals surface area contributed by atoms with Crippen molar-refractivity contribution >= 4 is 0 Å². The van der Waals surface area contributed by atoms with Gasteiger partial charge in [0.15, 0.2) is 0 Å². The van der Waals surface area contributed by atoms with Gasteiger partial charge in [-0.3, -0.25) is 0 Å². The third-order valence-electron chi connectivity index (χ3n) is 1.53. The van der Waals surface area contributed by atoms with E-state index in [0.717, 1.165) is 6.42 Å². The minimum Gasteiger partial charge on any atom is -0.382 e. The zero-order chi connectivity index (χ0) is 9.23. The molecular weight excluding hydrogens is 154 g/mol. The summed E-state index contributed by atoms with van der Waals surface area (Å²) in [6, 6.07) is 0.118. The largest absolute Gasteiger partial charge is 0.382 e. The van der Waals surface area contributed by atoms with Crippen LogP contribution in [0.4, 0.5) is 0 Å². The van der Waals surface area contributed by atoms with Crippen LogP contribution in [0.2, 0.25) is 0 Å². The molecule has 0 saturated heterocycles. The normalized spacial score (nSPS) is 12.4. The first-order valence-electron chi connectivity index (χ1n) is 4.05. The van der Waals surface area contributed by atoms with Gasteiger partial charge >= 0.3 is 0 Å². The first kappa shape index (κ1) is 11.4. The Kier molecular flexibility index (Phi) is 8.14. The third kappa shape index (κ3) is 6.17. The van der Waals surface area contributed by atoms with Crippen molar-refractivity contribution in [3.05, 3.63) is 0 Å². The van der Waals surface area contributed by atoms with E-state index in [9.17, 15) is 0 Å². The van der Waals surface area contributed by atoms with Gasteiger partial charge in [0.05, 0.1) is 19.3 Å². The first-order chi connectivity index (χ1) is 5.85. The Morgan fingerprint density at radius 1 is 1.42 bits per heavy atom. The Bertz CT molecular complexity index is 131. The molecule has 0 aliphatic carbocycles. The van der Waals surface area contributed by atoms with Crippen LogP contribution in [0, 0.1) is 12.3 Å². The van der Waals surface area contributed by atoms with E-state index in [2.05, 4.69) is 11.2 Å². The van der Waals surface area contributed by atoms with Crippen LogP contribution in [0.3, 0.4) is 0 Å². The molecule has 3 nitrogen and oxygen atoms in total. The van der Waals surface area contributed by atoms with Crippen LogP contribution in [0.5, 0.6) is 0 Å². The van der Waals surface area contributed by atoms with Crippen LogP contribution in [0.25, 0.3) is 0 Å². The van der Waals surface area contributed by atoms with Gasteiger partial charge in [-0.2, -0.15) is 0 Å². The molecule has 12 heavy (non-hydrogen) atoms. The highest BCUT2D eigenvalue weighted by molar-refractivity contribution is 4.97. The van der Waals surface area contributed by atoms with Crippen LogP contribution in [0.1, 0.15) is 6.42 Å². The van der Waals surface area contributed by atoms with Crippen molar-refractivity contribution in [1.29, 1.82) is 0 Å². The number of nitrogens with one attached hydrogen (secondary N) is 1. The van der Waals surface area contributed by atoms with E-state index in [-0.39, 0.29) is 6.04 Å². The fraction of sp³-hybridized carbons (Fsp3) is 0.778. The Morgan fingerprint density at radius 3 is 2.67 bits per heavy atom. The van der Waals surface area contributed by atoms with Crippen molar-refractivity contribution in [2.24, 2.45) is 0 Å². The molecule has 0 aliphatic heterocycles. The Morgan fingerprint density at radius 2 is 2.17 bits per heavy atom. The molecule has 3 heteroatoms. The Hall–Kier alpha value is -0.560. The number of hydrogen-bond donors (Lipinski definition) is 1. The molecule has 0 heterocycles. The lowest BCUT2D eigenvalue weighted by molar-refractivity contribution is 0.0679. The lowest BCUT2D eigenvalue weighted by Gasteiger charge is -2.08. The summed E-state index contributed by atoms with van der Waals surface area (Å²) in [5.41, 5.74) is 0. The zero-order valence-corrected chi connectivity index (χ0v) is 7.80. The summed E-state index contributed by atoms with van der Waals surface area (Å²) in [5.74, 6) is 2.62. The maximum Gasteiger partial charge on any atom is 0.0706 e. The van der Waals surface area contributed by atoms with Gasteiger partial charge in [0, 0.05) is 13.7 Å². The van der Waals surface area contributed by atoms with Crippen LogP contribution in [-0.4, -0.2) is 40.0 Å². The fourth-order valence-electron chi connectivity index (χ4n) is 0.757. The lowest BCUT2D eigenvalue weighted by atomic mass is 10.2. The molecule has 0 bridgehead atoms. The van der Waals surface area contributed by atoms with Crippen LogP contribution in [0.15, 0.2) is 0 Å². The molecule has 1 N–H and O–H groups in total. The smallest absolute Gasteiger partial charge is 0.0706 e. The number of rotatable bonds is 7. The molecule has 0 aromatic carbocycles. The van der Waals surface area contributed by atoms with Crippen LogP contribution in [-0.2, 0) is 9.47 Å². The van der Waals surface area contributed by atoms with Crippen LogP contribution >= 0.6 is 0 Å². The van der Waals surface area contributed by atoms with Gasteiger partial charge in [-0.15, -0.1) is 6.42 Å². The second-order valence-electron chi connectivity index (χ2n) is 2.40. The fourth-order valence-corrected chi connectivity index (χ4v) is 0.757. The molecule has 0 saturated carbocycles. The summed E-state index contributed by atoms with van der Waals surface area (Å²) in [5, 5.41) is 3.00. The molecule has 0 spiro atoms. The molecule has 0 radical (unpaired) electrons. The van der Waals surface area contributed by atoms with E-state index >= 15 is 0 Å². The second kappa shape index (κ2) is 8.54. The van der Waals surface area contributed by atoms with Gasteiger partial charge in [0.1, 0.15) is 0 Å². The van der Waals surface area contributed by atoms with Gasteiger partial charge in [-0.1, -0.05) is 5.92 Å². The topological polar surface area (TPSA) is 30.5 Å². The van der Waals surface area contributed by atoms with E-state index < -0.39 is 0 Å². The summed E-state index contributed by atoms with van der Waals surface area (Å²) in [6.07, 6.45) is 6.08. The summed E-state index contributed by atoms with van der Waals surface area (Å²) in [6.45, 7) is 1.96. The highest BCUT2D eigenvalue weighted by Gasteiger charge is 1.99. The molecular formula is C9H17NO2. The van der Waals surface area contributed by atoms with E-state index in [1.54, 1.807) is 7.11 Å². The highest BCUT2D eigenvalue weighted by Crippen LogP contribution is 1.89. The summed E-state index contributed by atoms with van der Waals surface area (Å²) >= 11 is 0. The van der Waals surface area contributed by atoms with Gasteiger partial charge < -0.3 is 14.8 Å². The minimum atomic E-state index is 0.118. The minimum absolute atomic E-state index is 0.118. The number of terminal acetylenes is 1. The van der Waals surface area contributed by atoms with Gasteiger partial charge in [-0.25, -0.2) is 0 Å². The van der Waals surface area contributed by atoms with Gasteiger partial charge in [0.25, 0.3) is 0 Å². The number of ether oxygens (including phenoxy) is 2. The first-order valence-corrected chi connectivity index (χ1v) is 4.05. The van der Waals surface area contributed by atoms with Crippen molar-refractivity contribution < 1.29 is 9.47 Å². The maximum absolute atomic E-state index is 5.25. The van der Waals surface area contributed by atoms with Gasteiger partial charge in [0.2, 0.25) is 0 Å².